The number of nitrogens with one attached hydrogen (secondary N) is 1. The van der Waals surface area contributed by atoms with Gasteiger partial charge in [0.05, 0.1) is 10.0 Å². The molecule has 0 aliphatic rings. The minimum atomic E-state index is -0.360. The lowest BCUT2D eigenvalue weighted by Crippen LogP contribution is -2.38. The average molecular weight is 356 g/mol. The van der Waals surface area contributed by atoms with Crippen LogP contribution in [-0.2, 0) is 4.79 Å². The van der Waals surface area contributed by atoms with Crippen LogP contribution in [0.4, 0.5) is 5.82 Å². The normalized spacial score (nSPS) is 10.4. The van der Waals surface area contributed by atoms with Gasteiger partial charge in [0.1, 0.15) is 12.8 Å². The maximum absolute atomic E-state index is 12.5. The van der Waals surface area contributed by atoms with E-state index in [0.29, 0.717) is 34.4 Å². The molecular formula is C15H15Cl2N3O3. The second kappa shape index (κ2) is 7.99. The number of nitrogens with zero attached hydrogens (tertiary/aromatic N) is 2. The monoisotopic (exact) mass is 355 g/mol. The van der Waals surface area contributed by atoms with Gasteiger partial charge in [-0.15, -0.1) is 0 Å². The standard InChI is InChI=1S/C15H15Cl2N3O3/c1-2-6-20(9-14(21)18-13-5-7-23-19-13)15(22)10-3-4-11(16)12(17)8-10/h3-5,7-8H,2,6,9H2,1H3,(H,18,19,21). The van der Waals surface area contributed by atoms with Gasteiger partial charge in [-0.05, 0) is 24.6 Å². The number of aromatic nitrogens is 1. The van der Waals surface area contributed by atoms with Crippen molar-refractivity contribution in [3.8, 4) is 0 Å². The molecule has 0 radical (unpaired) electrons. The summed E-state index contributed by atoms with van der Waals surface area (Å²) in [4.78, 5) is 26.0. The topological polar surface area (TPSA) is 75.4 Å². The van der Waals surface area contributed by atoms with E-state index in [9.17, 15) is 9.59 Å². The summed E-state index contributed by atoms with van der Waals surface area (Å²) in [7, 11) is 0. The molecule has 0 spiro atoms. The van der Waals surface area contributed by atoms with Crippen molar-refractivity contribution in [3.63, 3.8) is 0 Å². The first-order valence-corrected chi connectivity index (χ1v) is 7.71. The van der Waals surface area contributed by atoms with Crippen LogP contribution in [-0.4, -0.2) is 35.0 Å². The molecule has 0 atom stereocenters. The molecule has 0 fully saturated rings. The molecule has 0 saturated heterocycles. The Morgan fingerprint density at radius 3 is 2.65 bits per heavy atom. The van der Waals surface area contributed by atoms with Gasteiger partial charge in [0.15, 0.2) is 5.82 Å². The third-order valence-corrected chi connectivity index (χ3v) is 3.73. The Hall–Kier alpha value is -2.05. The van der Waals surface area contributed by atoms with E-state index < -0.39 is 0 Å². The molecular weight excluding hydrogens is 341 g/mol. The molecule has 0 bridgehead atoms. The molecule has 0 aliphatic heterocycles. The molecule has 8 heteroatoms. The Bertz CT molecular complexity index is 689. The van der Waals surface area contributed by atoms with Gasteiger partial charge in [0.2, 0.25) is 5.91 Å². The van der Waals surface area contributed by atoms with Crippen LogP contribution in [0.25, 0.3) is 0 Å². The maximum Gasteiger partial charge on any atom is 0.254 e. The lowest BCUT2D eigenvalue weighted by atomic mass is 10.2. The fourth-order valence-corrected chi connectivity index (χ4v) is 2.26. The number of hydrogen-bond donors (Lipinski definition) is 1. The van der Waals surface area contributed by atoms with Crippen LogP contribution in [0.3, 0.4) is 0 Å². The van der Waals surface area contributed by atoms with E-state index in [-0.39, 0.29) is 18.4 Å². The molecule has 1 aromatic heterocycles. The summed E-state index contributed by atoms with van der Waals surface area (Å²) in [6.45, 7) is 2.26. The van der Waals surface area contributed by atoms with Crippen LogP contribution >= 0.6 is 23.2 Å². The summed E-state index contributed by atoms with van der Waals surface area (Å²) >= 11 is 11.8. The quantitative estimate of drug-likeness (QED) is 0.860. The molecule has 1 aromatic carbocycles. The first-order chi connectivity index (χ1) is 11.0. The lowest BCUT2D eigenvalue weighted by Gasteiger charge is -2.21. The minimum absolute atomic E-state index is 0.0974. The molecule has 1 N–H and O–H groups in total. The molecule has 2 rings (SSSR count). The van der Waals surface area contributed by atoms with Crippen molar-refractivity contribution in [2.75, 3.05) is 18.4 Å². The summed E-state index contributed by atoms with van der Waals surface area (Å²) in [6.07, 6.45) is 2.06. The summed E-state index contributed by atoms with van der Waals surface area (Å²) in [5.74, 6) is -0.352. The van der Waals surface area contributed by atoms with Crippen LogP contribution in [0.5, 0.6) is 0 Å². The number of benzene rings is 1. The molecule has 122 valence electrons. The van der Waals surface area contributed by atoms with Gasteiger partial charge in [-0.1, -0.05) is 35.3 Å². The lowest BCUT2D eigenvalue weighted by molar-refractivity contribution is -0.116. The Morgan fingerprint density at radius 1 is 1.26 bits per heavy atom. The molecule has 2 amide bonds. The molecule has 0 unspecified atom stereocenters. The zero-order valence-corrected chi connectivity index (χ0v) is 13.9. The van der Waals surface area contributed by atoms with E-state index >= 15 is 0 Å². The smallest absolute Gasteiger partial charge is 0.254 e. The third kappa shape index (κ3) is 4.71. The first kappa shape index (κ1) is 17.3. The van der Waals surface area contributed by atoms with E-state index in [0.717, 1.165) is 0 Å². The van der Waals surface area contributed by atoms with Crippen molar-refractivity contribution >= 4 is 40.8 Å². The predicted octanol–water partition coefficient (Wildman–Crippen LogP) is 3.47. The summed E-state index contributed by atoms with van der Waals surface area (Å²) in [5.41, 5.74) is 0.377. The molecule has 1 heterocycles. The number of halogens is 2. The van der Waals surface area contributed by atoms with Gasteiger partial charge in [-0.3, -0.25) is 9.59 Å². The van der Waals surface area contributed by atoms with Gasteiger partial charge in [0.25, 0.3) is 5.91 Å². The van der Waals surface area contributed by atoms with E-state index in [2.05, 4.69) is 15.0 Å². The van der Waals surface area contributed by atoms with Crippen molar-refractivity contribution in [3.05, 3.63) is 46.1 Å². The Morgan fingerprint density at radius 2 is 2.04 bits per heavy atom. The van der Waals surface area contributed by atoms with Gasteiger partial charge < -0.3 is 14.7 Å². The summed E-state index contributed by atoms with van der Waals surface area (Å²) in [6, 6.07) is 6.14. The molecule has 6 nitrogen and oxygen atoms in total. The second-order valence-corrected chi connectivity index (χ2v) is 5.60. The van der Waals surface area contributed by atoms with E-state index in [4.69, 9.17) is 23.2 Å². The van der Waals surface area contributed by atoms with Crippen molar-refractivity contribution in [2.45, 2.75) is 13.3 Å². The number of carbonyl (C=O) groups excluding carboxylic acids is 2. The Balaban J connectivity index is 2.08. The highest BCUT2D eigenvalue weighted by atomic mass is 35.5. The summed E-state index contributed by atoms with van der Waals surface area (Å²) in [5, 5.41) is 6.81. The molecule has 23 heavy (non-hydrogen) atoms. The van der Waals surface area contributed by atoms with Crippen LogP contribution in [0.1, 0.15) is 23.7 Å². The summed E-state index contributed by atoms with van der Waals surface area (Å²) < 4.78 is 4.64. The van der Waals surface area contributed by atoms with Crippen molar-refractivity contribution in [1.29, 1.82) is 0 Å². The Labute approximate surface area is 143 Å². The number of carbonyl (C=O) groups is 2. The first-order valence-electron chi connectivity index (χ1n) is 6.95. The highest BCUT2D eigenvalue weighted by molar-refractivity contribution is 6.42. The van der Waals surface area contributed by atoms with Crippen LogP contribution in [0.15, 0.2) is 35.1 Å². The average Bonchev–Trinajstić information content (AvgIpc) is 3.01. The number of anilines is 1. The zero-order valence-electron chi connectivity index (χ0n) is 12.4. The minimum Gasteiger partial charge on any atom is -0.363 e. The van der Waals surface area contributed by atoms with Crippen molar-refractivity contribution < 1.29 is 14.1 Å². The largest absolute Gasteiger partial charge is 0.363 e. The van der Waals surface area contributed by atoms with Crippen molar-refractivity contribution in [1.82, 2.24) is 10.1 Å². The van der Waals surface area contributed by atoms with Gasteiger partial charge in [-0.2, -0.15) is 0 Å². The van der Waals surface area contributed by atoms with Gasteiger partial charge in [-0.25, -0.2) is 0 Å². The van der Waals surface area contributed by atoms with Crippen LogP contribution in [0, 0.1) is 0 Å². The van der Waals surface area contributed by atoms with Gasteiger partial charge in [0, 0.05) is 18.2 Å². The van der Waals surface area contributed by atoms with Crippen LogP contribution < -0.4 is 5.32 Å². The molecule has 2 aromatic rings. The fourth-order valence-electron chi connectivity index (χ4n) is 1.97. The zero-order chi connectivity index (χ0) is 16.8. The van der Waals surface area contributed by atoms with E-state index in [1.54, 1.807) is 12.1 Å². The van der Waals surface area contributed by atoms with E-state index in [1.807, 2.05) is 6.92 Å². The van der Waals surface area contributed by atoms with E-state index in [1.165, 1.54) is 23.3 Å². The van der Waals surface area contributed by atoms with Gasteiger partial charge >= 0.3 is 0 Å². The SMILES string of the molecule is CCCN(CC(=O)Nc1ccon1)C(=O)c1ccc(Cl)c(Cl)c1. The molecule has 0 saturated carbocycles. The number of rotatable bonds is 6. The second-order valence-electron chi connectivity index (χ2n) is 4.79. The number of hydrogen-bond acceptors (Lipinski definition) is 4. The number of amides is 2. The highest BCUT2D eigenvalue weighted by Gasteiger charge is 2.19. The predicted molar refractivity (Wildman–Crippen MR) is 87.8 cm³/mol. The van der Waals surface area contributed by atoms with Crippen molar-refractivity contribution in [2.24, 2.45) is 0 Å². The fraction of sp³-hybridized carbons (Fsp3) is 0.267. The molecule has 0 aliphatic carbocycles. The third-order valence-electron chi connectivity index (χ3n) is 2.99. The highest BCUT2D eigenvalue weighted by Crippen LogP contribution is 2.23. The van der Waals surface area contributed by atoms with Crippen LogP contribution in [0.2, 0.25) is 10.0 Å². The Kier molecular flexibility index (Phi) is 6.01. The maximum atomic E-state index is 12.5.